The molecule has 4 bridgehead atoms. The second-order valence-corrected chi connectivity index (χ2v) is 23.0. The second kappa shape index (κ2) is 37.0. The average Bonchev–Trinajstić information content (AvgIpc) is 1.42. The van der Waals surface area contributed by atoms with Gasteiger partial charge in [0.05, 0.1) is 49.8 Å². The third kappa shape index (κ3) is 22.3. The molecule has 12 amide bonds. The van der Waals surface area contributed by atoms with Crippen LogP contribution in [0.25, 0.3) is 11.3 Å². The summed E-state index contributed by atoms with van der Waals surface area (Å²) in [5, 5.41) is 99.6. The number of nitrogens with one attached hydrogen (secondary N) is 11. The van der Waals surface area contributed by atoms with Crippen molar-refractivity contribution in [3.63, 3.8) is 0 Å². The molecule has 6 unspecified atom stereocenters. The summed E-state index contributed by atoms with van der Waals surface area (Å²) < 4.78 is 11.1. The number of H-pyrrole nitrogens is 1. The van der Waals surface area contributed by atoms with Gasteiger partial charge in [-0.1, -0.05) is 68.7 Å². The van der Waals surface area contributed by atoms with Crippen molar-refractivity contribution in [3.8, 4) is 17.0 Å². The topological polar surface area (TPSA) is 566 Å². The molecule has 2 aromatic rings. The van der Waals surface area contributed by atoms with E-state index in [1.165, 1.54) is 44.2 Å². The number of carbonyl (C=O) groups excluding carboxylic acids is 12. The van der Waals surface area contributed by atoms with E-state index in [-0.39, 0.29) is 22.5 Å². The number of imidazole rings is 1. The normalized spacial score (nSPS) is 26.5. The van der Waals surface area contributed by atoms with E-state index >= 15 is 0 Å². The molecule has 0 aliphatic carbocycles. The van der Waals surface area contributed by atoms with Crippen molar-refractivity contribution in [1.82, 2.24) is 63.1 Å². The number of hydrogen-bond donors (Lipinski definition) is 20. The number of hydrogen-bond acceptors (Lipinski definition) is 22. The summed E-state index contributed by atoms with van der Waals surface area (Å²) in [6.45, 7) is 5.22. The van der Waals surface area contributed by atoms with Crippen LogP contribution in [-0.2, 0) is 79.8 Å². The molecule has 22 N–H and O–H groups in total. The van der Waals surface area contributed by atoms with E-state index in [9.17, 15) is 93.3 Å². The number of phenolic OH excluding ortho intramolecular Hbond substituents is 1. The largest absolute Gasteiger partial charge is 0.507 e. The molecule has 96 heavy (non-hydrogen) atoms. The molecular formula is C61H86N14O21. The van der Waals surface area contributed by atoms with E-state index < -0.39 is 225 Å². The van der Waals surface area contributed by atoms with Crippen molar-refractivity contribution in [1.29, 1.82) is 0 Å². The van der Waals surface area contributed by atoms with Gasteiger partial charge < -0.3 is 115 Å². The third-order valence-electron chi connectivity index (χ3n) is 15.4. The fourth-order valence-corrected chi connectivity index (χ4v) is 10.1. The van der Waals surface area contributed by atoms with Crippen LogP contribution >= 0.6 is 0 Å². The summed E-state index contributed by atoms with van der Waals surface area (Å²) in [5.41, 5.74) is 9.40. The highest BCUT2D eigenvalue weighted by Crippen LogP contribution is 2.32. The molecule has 1 fully saturated rings. The first-order valence-corrected chi connectivity index (χ1v) is 30.9. The number of carbonyl (C=O) groups is 12. The number of benzene rings is 1. The molecule has 35 nitrogen and oxygen atoms in total. The predicted molar refractivity (Wildman–Crippen MR) is 335 cm³/mol. The Hall–Kier alpha value is -9.49. The molecule has 1 saturated heterocycles. The molecule has 0 radical (unpaired) electrons. The monoisotopic (exact) mass is 1350 g/mol. The minimum atomic E-state index is -2.25. The Kier molecular flexibility index (Phi) is 29.7. The number of aromatic nitrogens is 2. The maximum atomic E-state index is 15.0. The Balaban J connectivity index is 1.64. The van der Waals surface area contributed by atoms with Crippen LogP contribution in [0.1, 0.15) is 97.2 Å². The van der Waals surface area contributed by atoms with Gasteiger partial charge in [0.15, 0.2) is 12.4 Å². The smallest absolute Gasteiger partial charge is 0.268 e. The Labute approximate surface area is 550 Å². The first-order valence-electron chi connectivity index (χ1n) is 30.9. The van der Waals surface area contributed by atoms with E-state index in [0.29, 0.717) is 6.42 Å². The van der Waals surface area contributed by atoms with Crippen molar-refractivity contribution >= 4 is 70.9 Å². The van der Waals surface area contributed by atoms with Gasteiger partial charge in [0.2, 0.25) is 53.2 Å². The summed E-state index contributed by atoms with van der Waals surface area (Å²) >= 11 is 0. The van der Waals surface area contributed by atoms with Gasteiger partial charge in [-0.15, -0.1) is 0 Å². The van der Waals surface area contributed by atoms with Gasteiger partial charge >= 0.3 is 0 Å². The molecule has 0 spiro atoms. The van der Waals surface area contributed by atoms with Crippen LogP contribution < -0.4 is 64.6 Å². The van der Waals surface area contributed by atoms with Gasteiger partial charge in [-0.3, -0.25) is 57.5 Å². The molecule has 4 heterocycles. The van der Waals surface area contributed by atoms with Gasteiger partial charge in [-0.2, -0.15) is 0 Å². The van der Waals surface area contributed by atoms with Gasteiger partial charge in [-0.25, -0.2) is 4.98 Å². The van der Waals surface area contributed by atoms with E-state index in [1.807, 2.05) is 6.08 Å². The van der Waals surface area contributed by atoms with E-state index in [0.717, 1.165) is 58.0 Å². The first kappa shape index (κ1) is 77.2. The number of amides is 12. The number of aliphatic hydroxyl groups excluding tert-OH is 6. The van der Waals surface area contributed by atoms with Crippen molar-refractivity contribution in [3.05, 3.63) is 83.6 Å². The zero-order valence-electron chi connectivity index (χ0n) is 53.4. The molecule has 526 valence electrons. The average molecular weight is 1350 g/mol. The number of phenols is 1. The van der Waals surface area contributed by atoms with Crippen LogP contribution in [0, 0.1) is 0 Å². The van der Waals surface area contributed by atoms with Crippen molar-refractivity contribution in [2.45, 2.75) is 190 Å². The number of nitrogens with two attached hydrogens (primary N) is 2. The van der Waals surface area contributed by atoms with Crippen LogP contribution in [0.15, 0.2) is 72.4 Å². The lowest BCUT2D eigenvalue weighted by Crippen LogP contribution is -2.64. The predicted octanol–water partition coefficient (Wildman–Crippen LogP) is -6.39. The highest BCUT2D eigenvalue weighted by molar-refractivity contribution is 6.04. The summed E-state index contributed by atoms with van der Waals surface area (Å²) in [6.07, 6.45) is -4.22. The number of nitrogens with zero attached hydrogens (tertiary/aromatic N) is 1. The van der Waals surface area contributed by atoms with Gasteiger partial charge in [0.25, 0.3) is 17.7 Å². The summed E-state index contributed by atoms with van der Waals surface area (Å²) in [6, 6.07) is -9.64. The van der Waals surface area contributed by atoms with Crippen LogP contribution in [0.3, 0.4) is 0 Å². The summed E-state index contributed by atoms with van der Waals surface area (Å²) in [7, 11) is 0. The van der Waals surface area contributed by atoms with Crippen molar-refractivity contribution < 1.29 is 103 Å². The zero-order valence-corrected chi connectivity index (χ0v) is 53.4. The van der Waals surface area contributed by atoms with Crippen LogP contribution in [-0.4, -0.2) is 221 Å². The first-order chi connectivity index (χ1) is 45.5. The Morgan fingerprint density at radius 2 is 1.52 bits per heavy atom. The van der Waals surface area contributed by atoms with Crippen LogP contribution in [0.5, 0.6) is 5.75 Å². The van der Waals surface area contributed by atoms with Gasteiger partial charge in [-0.05, 0) is 64.7 Å². The standard InChI is InChI=1S/C61H86N14O21/c1-6-9-10-11-12-13-14-15-16-41(96-61-51(85)49(83)40(79)26-95-61)50(84)60(94)70-33(8-3)52(86)73-45-28(4)67-55(89)37-23-35-47(66-27-65-35)31-21-30(17-19-38(31)77)22-36(72-59(93)46(29(5)76)74-58(45)92)56(90)69-32(7-2)53(87)75-48(39(78)24-43(63)81)57(91)64-25-44(82)68-34(54(88)71-37)18-20-42(62)80/h7-8,13-17,19,21,27-29,34,36-37,39-41,45-46,48-51,61,76-79,83-85H,6,9-12,18,20,22-26H2,1-5H3,(H2,62,80)(H2,63,81)(H,64,91)(H,65,66)(H,67,89)(H,68,82)(H,69,90)(H,70,94)(H,71,88)(H,72,93)(H,73,86)(H,74,92)(H,75,87)/b14-13+,16-15+,32-7+,33-8+/t28?,29-,34-,36?,37+,39?,40-,41-,45+,46?,48-,49?,50+,51?,61-/m1/s1. The van der Waals surface area contributed by atoms with Gasteiger partial charge in [0, 0.05) is 30.5 Å². The number of unbranched alkanes of at least 4 members (excludes halogenated alkanes) is 4. The van der Waals surface area contributed by atoms with E-state index in [1.54, 1.807) is 6.08 Å². The number of aromatic hydroxyl groups is 1. The lowest BCUT2D eigenvalue weighted by molar-refractivity contribution is -0.283. The molecule has 15 atom stereocenters. The van der Waals surface area contributed by atoms with Crippen LogP contribution in [0.2, 0.25) is 0 Å². The molecule has 3 aliphatic heterocycles. The Bertz CT molecular complexity index is 3280. The zero-order chi connectivity index (χ0) is 71.1. The number of fused-ring (bicyclic) bond motifs is 2. The van der Waals surface area contributed by atoms with E-state index in [4.69, 9.17) is 20.9 Å². The maximum absolute atomic E-state index is 15.0. The lowest BCUT2D eigenvalue weighted by atomic mass is 9.97. The summed E-state index contributed by atoms with van der Waals surface area (Å²) in [5.74, 6) is -15.2. The Morgan fingerprint density at radius 1 is 0.812 bits per heavy atom. The SMILES string of the molecule is C/C=C1/NC(=O)C2Cc3ccc(O)c(c3)-c3nc[nH]c3C[C@H](NC(=O)[C@@H](CCC(N)=O)NC(=O)CNC(=O)[C@@H](C(O)CC(N)=O)NC1=O)C(=O)NC(C)[C@H](NC(=O)/C(=C\C)NC(=O)[C@@H](O)[C@@H](/C=C/C=C/CCCCCC)O[C@H]1OC[C@@H](O)C(O)C1O)C(=O)NC([C@@H](C)O)C(=O)N2. The Morgan fingerprint density at radius 3 is 2.19 bits per heavy atom. The quantitative estimate of drug-likeness (QED) is 0.0314. The van der Waals surface area contributed by atoms with Crippen molar-refractivity contribution in [2.75, 3.05) is 13.2 Å². The highest BCUT2D eigenvalue weighted by atomic mass is 16.7. The number of aromatic amines is 1. The molecular weight excluding hydrogens is 1260 g/mol. The molecule has 1 aromatic carbocycles. The molecule has 35 heteroatoms. The summed E-state index contributed by atoms with van der Waals surface area (Å²) in [4.78, 5) is 175. The number of rotatable bonds is 21. The molecule has 1 aromatic heterocycles. The lowest BCUT2D eigenvalue weighted by Gasteiger charge is -2.36. The number of allylic oxidation sites excluding steroid dienone is 5. The molecule has 0 saturated carbocycles. The second-order valence-electron chi connectivity index (χ2n) is 23.0. The minimum Gasteiger partial charge on any atom is -0.507 e. The van der Waals surface area contributed by atoms with Gasteiger partial charge in [0.1, 0.15) is 77.8 Å². The highest BCUT2D eigenvalue weighted by Gasteiger charge is 2.43. The maximum Gasteiger partial charge on any atom is 0.268 e. The number of aliphatic hydroxyl groups is 6. The van der Waals surface area contributed by atoms with Crippen molar-refractivity contribution in [2.24, 2.45) is 11.5 Å². The number of primary amides is 2. The molecule has 5 rings (SSSR count). The minimum absolute atomic E-state index is 0.00386. The third-order valence-corrected chi connectivity index (χ3v) is 15.4. The van der Waals surface area contributed by atoms with Crippen LogP contribution in [0.4, 0.5) is 0 Å². The fourth-order valence-electron chi connectivity index (χ4n) is 10.1. The van der Waals surface area contributed by atoms with E-state index in [2.05, 4.69) is 70.1 Å². The fraction of sp³-hybridized carbons (Fsp3) is 0.525. The number of ether oxygens (including phenoxy) is 2. The molecule has 3 aliphatic rings.